The molecule has 0 atom stereocenters. The third-order valence-corrected chi connectivity index (χ3v) is 6.89. The first-order chi connectivity index (χ1) is 15.5. The molecular formula is C26H26N2O3S. The minimum Gasteiger partial charge on any atom is -0.478 e. The lowest BCUT2D eigenvalue weighted by Crippen LogP contribution is -2.40. The molecule has 1 aromatic heterocycles. The predicted octanol–water partition coefficient (Wildman–Crippen LogP) is 6.04. The molecule has 0 saturated heterocycles. The highest BCUT2D eigenvalue weighted by atomic mass is 32.1. The smallest absolute Gasteiger partial charge is 0.328 e. The van der Waals surface area contributed by atoms with Gasteiger partial charge < -0.3 is 10.4 Å². The average Bonchev–Trinajstić information content (AvgIpc) is 3.34. The number of carbonyl (C=O) groups is 2. The number of nitrogens with one attached hydrogen (secondary N) is 1. The minimum atomic E-state index is -0.998. The summed E-state index contributed by atoms with van der Waals surface area (Å²) in [5.41, 5.74) is 5.13. The van der Waals surface area contributed by atoms with E-state index in [4.69, 9.17) is 5.11 Å². The number of carboxylic acid groups (broad SMARTS) is 1. The average molecular weight is 447 g/mol. The van der Waals surface area contributed by atoms with Crippen molar-refractivity contribution in [2.75, 3.05) is 5.32 Å². The number of carbonyl (C=O) groups excluding carboxylic acids is 1. The third-order valence-electron chi connectivity index (χ3n) is 6.07. The molecule has 0 spiro atoms. The first-order valence-electron chi connectivity index (χ1n) is 10.8. The Labute approximate surface area is 191 Å². The standard InChI is InChI=1S/C26H26N2O3S/c29-24(30)12-9-19-5-4-6-22(15-19)28-25(31)26(13-2-1-3-14-26)16-20-7-10-21(11-8-20)23-17-27-18-32-23/h4-12,15,17-18H,1-3,13-14,16H2,(H,28,31)(H,29,30)/b12-9+. The highest BCUT2D eigenvalue weighted by Gasteiger charge is 2.39. The SMILES string of the molecule is O=C(O)/C=C/c1cccc(NC(=O)C2(Cc3ccc(-c4cncs4)cc3)CCCCC2)c1. The molecule has 2 N–H and O–H groups in total. The molecule has 4 rings (SSSR count). The van der Waals surface area contributed by atoms with E-state index >= 15 is 0 Å². The lowest BCUT2D eigenvalue weighted by Gasteiger charge is -2.36. The predicted molar refractivity (Wildman–Crippen MR) is 129 cm³/mol. The summed E-state index contributed by atoms with van der Waals surface area (Å²) in [6, 6.07) is 15.7. The molecule has 5 nitrogen and oxygen atoms in total. The summed E-state index contributed by atoms with van der Waals surface area (Å²) in [7, 11) is 0. The van der Waals surface area contributed by atoms with Gasteiger partial charge in [-0.1, -0.05) is 55.7 Å². The molecule has 0 bridgehead atoms. The van der Waals surface area contributed by atoms with Crippen molar-refractivity contribution in [3.63, 3.8) is 0 Å². The molecule has 0 aliphatic heterocycles. The summed E-state index contributed by atoms with van der Waals surface area (Å²) >= 11 is 1.62. The van der Waals surface area contributed by atoms with E-state index in [0.29, 0.717) is 12.1 Å². The van der Waals surface area contributed by atoms with Crippen molar-refractivity contribution >= 4 is 35.0 Å². The van der Waals surface area contributed by atoms with Crippen molar-refractivity contribution in [2.45, 2.75) is 38.5 Å². The second kappa shape index (κ2) is 9.92. The normalized spacial score (nSPS) is 15.5. The summed E-state index contributed by atoms with van der Waals surface area (Å²) in [6.07, 6.45) is 10.2. The van der Waals surface area contributed by atoms with Gasteiger partial charge >= 0.3 is 5.97 Å². The zero-order valence-corrected chi connectivity index (χ0v) is 18.6. The van der Waals surface area contributed by atoms with E-state index in [1.807, 2.05) is 29.9 Å². The number of anilines is 1. The molecule has 1 aliphatic rings. The molecule has 1 heterocycles. The van der Waals surface area contributed by atoms with Gasteiger partial charge in [-0.05, 0) is 54.2 Å². The number of nitrogens with zero attached hydrogens (tertiary/aromatic N) is 1. The molecule has 1 amide bonds. The first kappa shape index (κ1) is 22.0. The Morgan fingerprint density at radius 1 is 1.09 bits per heavy atom. The molecule has 0 radical (unpaired) electrons. The van der Waals surface area contributed by atoms with Gasteiger partial charge in [-0.25, -0.2) is 4.79 Å². The highest BCUT2D eigenvalue weighted by molar-refractivity contribution is 7.13. The van der Waals surface area contributed by atoms with Crippen LogP contribution in [0.1, 0.15) is 43.2 Å². The largest absolute Gasteiger partial charge is 0.478 e. The number of carboxylic acids is 1. The number of hydrogen-bond acceptors (Lipinski definition) is 4. The van der Waals surface area contributed by atoms with E-state index in [1.54, 1.807) is 17.4 Å². The van der Waals surface area contributed by atoms with E-state index < -0.39 is 11.4 Å². The second-order valence-electron chi connectivity index (χ2n) is 8.33. The number of hydrogen-bond donors (Lipinski definition) is 2. The van der Waals surface area contributed by atoms with E-state index in [-0.39, 0.29) is 5.91 Å². The van der Waals surface area contributed by atoms with Gasteiger partial charge in [-0.3, -0.25) is 9.78 Å². The molecule has 3 aromatic rings. The topological polar surface area (TPSA) is 79.3 Å². The van der Waals surface area contributed by atoms with Crippen LogP contribution >= 0.6 is 11.3 Å². The van der Waals surface area contributed by atoms with Crippen LogP contribution < -0.4 is 5.32 Å². The van der Waals surface area contributed by atoms with Gasteiger partial charge in [0.15, 0.2) is 0 Å². The van der Waals surface area contributed by atoms with Gasteiger partial charge in [-0.15, -0.1) is 11.3 Å². The molecule has 1 fully saturated rings. The maximum atomic E-state index is 13.5. The number of rotatable bonds is 7. The second-order valence-corrected chi connectivity index (χ2v) is 9.22. The summed E-state index contributed by atoms with van der Waals surface area (Å²) in [5.74, 6) is -0.954. The van der Waals surface area contributed by atoms with Gasteiger partial charge in [0.05, 0.1) is 15.8 Å². The fraction of sp³-hybridized carbons (Fsp3) is 0.269. The number of aliphatic carboxylic acids is 1. The Morgan fingerprint density at radius 2 is 1.88 bits per heavy atom. The Bertz CT molecular complexity index is 1100. The summed E-state index contributed by atoms with van der Waals surface area (Å²) in [6.45, 7) is 0. The minimum absolute atomic E-state index is 0.0445. The highest BCUT2D eigenvalue weighted by Crippen LogP contribution is 2.40. The van der Waals surface area contributed by atoms with E-state index in [9.17, 15) is 9.59 Å². The monoisotopic (exact) mass is 446 g/mol. The first-order valence-corrected chi connectivity index (χ1v) is 11.7. The molecule has 0 unspecified atom stereocenters. The van der Waals surface area contributed by atoms with Crippen LogP contribution in [0.4, 0.5) is 5.69 Å². The van der Waals surface area contributed by atoms with Crippen LogP contribution in [-0.4, -0.2) is 22.0 Å². The molecule has 164 valence electrons. The summed E-state index contributed by atoms with van der Waals surface area (Å²) < 4.78 is 0. The van der Waals surface area contributed by atoms with Gasteiger partial charge in [0.2, 0.25) is 5.91 Å². The Kier molecular flexibility index (Phi) is 6.81. The number of thiazole rings is 1. The lowest BCUT2D eigenvalue weighted by atomic mass is 9.69. The fourth-order valence-corrected chi connectivity index (χ4v) is 5.03. The van der Waals surface area contributed by atoms with Crippen LogP contribution in [0.15, 0.2) is 66.3 Å². The zero-order chi connectivity index (χ0) is 22.4. The van der Waals surface area contributed by atoms with E-state index in [2.05, 4.69) is 34.6 Å². The fourth-order valence-electron chi connectivity index (χ4n) is 4.40. The molecule has 6 heteroatoms. The van der Waals surface area contributed by atoms with Crippen molar-refractivity contribution in [1.29, 1.82) is 0 Å². The van der Waals surface area contributed by atoms with Crippen LogP contribution in [0.5, 0.6) is 0 Å². The van der Waals surface area contributed by atoms with Crippen molar-refractivity contribution in [2.24, 2.45) is 5.41 Å². The van der Waals surface area contributed by atoms with Crippen LogP contribution in [0.3, 0.4) is 0 Å². The molecule has 1 aliphatic carbocycles. The quantitative estimate of drug-likeness (QED) is 0.434. The van der Waals surface area contributed by atoms with Crippen LogP contribution in [0.25, 0.3) is 16.5 Å². The van der Waals surface area contributed by atoms with Crippen molar-refractivity contribution < 1.29 is 14.7 Å². The van der Waals surface area contributed by atoms with Crippen LogP contribution in [0, 0.1) is 5.41 Å². The summed E-state index contributed by atoms with van der Waals surface area (Å²) in [4.78, 5) is 29.6. The van der Waals surface area contributed by atoms with Crippen molar-refractivity contribution in [3.05, 3.63) is 77.4 Å². The van der Waals surface area contributed by atoms with Crippen molar-refractivity contribution in [3.8, 4) is 10.4 Å². The molecule has 1 saturated carbocycles. The maximum absolute atomic E-state index is 13.5. The van der Waals surface area contributed by atoms with E-state index in [1.165, 1.54) is 6.08 Å². The Hall–Kier alpha value is -3.25. The third kappa shape index (κ3) is 5.32. The maximum Gasteiger partial charge on any atom is 0.328 e. The Balaban J connectivity index is 1.52. The number of aromatic nitrogens is 1. The van der Waals surface area contributed by atoms with E-state index in [0.717, 1.165) is 59.7 Å². The zero-order valence-electron chi connectivity index (χ0n) is 17.8. The molecular weight excluding hydrogens is 420 g/mol. The summed E-state index contributed by atoms with van der Waals surface area (Å²) in [5, 5.41) is 12.0. The number of benzene rings is 2. The van der Waals surface area contributed by atoms with Crippen LogP contribution in [-0.2, 0) is 16.0 Å². The Morgan fingerprint density at radius 3 is 2.56 bits per heavy atom. The van der Waals surface area contributed by atoms with Gasteiger partial charge in [0.1, 0.15) is 0 Å². The van der Waals surface area contributed by atoms with Gasteiger partial charge in [0.25, 0.3) is 0 Å². The van der Waals surface area contributed by atoms with Gasteiger partial charge in [-0.2, -0.15) is 0 Å². The van der Waals surface area contributed by atoms with Crippen molar-refractivity contribution in [1.82, 2.24) is 4.98 Å². The van der Waals surface area contributed by atoms with Gasteiger partial charge in [0, 0.05) is 18.0 Å². The number of amides is 1. The molecule has 32 heavy (non-hydrogen) atoms. The molecule has 2 aromatic carbocycles. The lowest BCUT2D eigenvalue weighted by molar-refractivity contribution is -0.131. The van der Waals surface area contributed by atoms with Crippen LogP contribution in [0.2, 0.25) is 0 Å².